The molecule has 0 aliphatic heterocycles. The number of phenolic OH excluding ortho intramolecular Hbond substituents is 1. The highest BCUT2D eigenvalue weighted by molar-refractivity contribution is 9.08. The van der Waals surface area contributed by atoms with Crippen LogP contribution in [0, 0.1) is 13.8 Å². The molecule has 4 nitrogen and oxygen atoms in total. The maximum Gasteiger partial charge on any atom is 0.416 e. The molecule has 0 spiro atoms. The van der Waals surface area contributed by atoms with Crippen molar-refractivity contribution in [1.82, 2.24) is 0 Å². The summed E-state index contributed by atoms with van der Waals surface area (Å²) in [6, 6.07) is 20.7. The molecule has 0 atom stereocenters. The van der Waals surface area contributed by atoms with Crippen LogP contribution in [0.2, 0.25) is 0 Å². The molecule has 0 unspecified atom stereocenters. The topological polar surface area (TPSA) is 63.6 Å². The number of aryl methyl sites for hydroxylation is 2. The van der Waals surface area contributed by atoms with Crippen molar-refractivity contribution in [2.75, 3.05) is 0 Å². The van der Waals surface area contributed by atoms with E-state index >= 15 is 0 Å². The summed E-state index contributed by atoms with van der Waals surface area (Å²) in [5.41, 5.74) is 2.48. The minimum absolute atomic E-state index is 0.0486. The molecule has 0 saturated carbocycles. The number of benzene rings is 4. The van der Waals surface area contributed by atoms with Gasteiger partial charge in [0.1, 0.15) is 18.1 Å². The second-order valence-corrected chi connectivity index (χ2v) is 10.5. The van der Waals surface area contributed by atoms with E-state index < -0.39 is 23.5 Å². The Kier molecular flexibility index (Phi) is 13.4. The van der Waals surface area contributed by atoms with Crippen molar-refractivity contribution >= 4 is 27.5 Å². The number of ketones is 2. The molecule has 0 aliphatic rings. The summed E-state index contributed by atoms with van der Waals surface area (Å²) in [5, 5.41) is 9.74. The van der Waals surface area contributed by atoms with Gasteiger partial charge >= 0.3 is 12.4 Å². The number of halogens is 7. The summed E-state index contributed by atoms with van der Waals surface area (Å²) in [7, 11) is 0. The lowest BCUT2D eigenvalue weighted by Gasteiger charge is -2.12. The summed E-state index contributed by atoms with van der Waals surface area (Å²) >= 11 is 3.33. The van der Waals surface area contributed by atoms with Crippen LogP contribution in [0.4, 0.5) is 26.3 Å². The normalized spacial score (nSPS) is 11.0. The summed E-state index contributed by atoms with van der Waals surface area (Å²) in [4.78, 5) is 22.2. The molecule has 0 aromatic heterocycles. The Morgan fingerprint density at radius 2 is 1.16 bits per heavy atom. The van der Waals surface area contributed by atoms with Crippen molar-refractivity contribution in [3.63, 3.8) is 0 Å². The van der Waals surface area contributed by atoms with Crippen molar-refractivity contribution in [2.45, 2.75) is 52.0 Å². The number of alkyl halides is 7. The number of carbonyl (C=O) groups is 2. The Labute approximate surface area is 265 Å². The Hall–Kier alpha value is -4.12. The van der Waals surface area contributed by atoms with E-state index in [4.69, 9.17) is 9.84 Å². The van der Waals surface area contributed by atoms with Crippen LogP contribution in [-0.4, -0.2) is 16.7 Å². The summed E-state index contributed by atoms with van der Waals surface area (Å²) in [6.45, 7) is 6.22. The SMILES string of the molecule is CC(=O)c1cccc(CBr)c1.CC(=O)c1cccc(COc2ccc(C(F)(F)F)cc2C)c1.Cc1cc(C(F)(F)F)ccc1O. The molecule has 0 radical (unpaired) electrons. The van der Waals surface area contributed by atoms with E-state index in [9.17, 15) is 35.9 Å². The summed E-state index contributed by atoms with van der Waals surface area (Å²) in [6.07, 6.45) is -8.70. The standard InChI is InChI=1S/C17H15F3O2.C9H9BrO.C8H7F3O/c1-11-8-15(17(18,19)20)6-7-16(11)22-10-13-4-3-5-14(9-13)12(2)21;1-7(11)9-4-2-3-8(5-9)6-10;1-5-4-6(8(9,10)11)2-3-7(5)12/h3-9H,10H2,1-2H3;2-5H,6H2,1H3;2-4,12H,1H3. The first kappa shape index (κ1) is 37.1. The van der Waals surface area contributed by atoms with Crippen molar-refractivity contribution in [1.29, 1.82) is 0 Å². The molecule has 0 fully saturated rings. The molecule has 45 heavy (non-hydrogen) atoms. The number of rotatable bonds is 6. The number of aromatic hydroxyl groups is 1. The number of hydrogen-bond donors (Lipinski definition) is 1. The Morgan fingerprint density at radius 3 is 1.60 bits per heavy atom. The van der Waals surface area contributed by atoms with Gasteiger partial charge in [0.15, 0.2) is 11.6 Å². The highest BCUT2D eigenvalue weighted by Crippen LogP contribution is 2.33. The van der Waals surface area contributed by atoms with Crippen LogP contribution in [0.3, 0.4) is 0 Å². The van der Waals surface area contributed by atoms with Gasteiger partial charge in [-0.1, -0.05) is 52.3 Å². The summed E-state index contributed by atoms with van der Waals surface area (Å²) < 4.78 is 79.4. The first-order chi connectivity index (χ1) is 20.9. The fourth-order valence-corrected chi connectivity index (χ4v) is 4.08. The fourth-order valence-electron chi connectivity index (χ4n) is 3.73. The molecule has 1 N–H and O–H groups in total. The minimum atomic E-state index is -4.36. The van der Waals surface area contributed by atoms with E-state index in [2.05, 4.69) is 15.9 Å². The molecule has 4 rings (SSSR count). The lowest BCUT2D eigenvalue weighted by molar-refractivity contribution is -0.138. The van der Waals surface area contributed by atoms with Gasteiger partial charge in [0.25, 0.3) is 0 Å². The van der Waals surface area contributed by atoms with Crippen molar-refractivity contribution in [3.05, 3.63) is 129 Å². The third-order valence-electron chi connectivity index (χ3n) is 6.24. The van der Waals surface area contributed by atoms with Gasteiger partial charge < -0.3 is 9.84 Å². The van der Waals surface area contributed by atoms with Gasteiger partial charge in [0.2, 0.25) is 0 Å². The molecule has 4 aromatic rings. The number of phenols is 1. The van der Waals surface area contributed by atoms with E-state index in [1.807, 2.05) is 24.3 Å². The third kappa shape index (κ3) is 12.1. The zero-order chi connectivity index (χ0) is 33.9. The van der Waals surface area contributed by atoms with Crippen LogP contribution in [0.25, 0.3) is 0 Å². The zero-order valence-corrected chi connectivity index (χ0v) is 26.4. The monoisotopic (exact) mass is 696 g/mol. The lowest BCUT2D eigenvalue weighted by Crippen LogP contribution is -2.06. The van der Waals surface area contributed by atoms with E-state index in [-0.39, 0.29) is 29.5 Å². The fraction of sp³-hybridized carbons (Fsp3) is 0.235. The highest BCUT2D eigenvalue weighted by Gasteiger charge is 2.31. The van der Waals surface area contributed by atoms with E-state index in [0.717, 1.165) is 52.4 Å². The second kappa shape index (κ2) is 16.3. The van der Waals surface area contributed by atoms with Crippen molar-refractivity contribution < 1.29 is 45.8 Å². The van der Waals surface area contributed by atoms with Gasteiger partial charge in [-0.05, 0) is 98.5 Å². The number of carbonyl (C=O) groups excluding carboxylic acids is 2. The predicted molar refractivity (Wildman–Crippen MR) is 164 cm³/mol. The van der Waals surface area contributed by atoms with Gasteiger partial charge in [-0.15, -0.1) is 0 Å². The van der Waals surface area contributed by atoms with Crippen LogP contribution in [-0.2, 0) is 24.3 Å². The van der Waals surface area contributed by atoms with Crippen molar-refractivity contribution in [3.8, 4) is 11.5 Å². The molecule has 11 heteroatoms. The van der Waals surface area contributed by atoms with Crippen LogP contribution in [0.1, 0.15) is 67.9 Å². The van der Waals surface area contributed by atoms with Gasteiger partial charge in [-0.3, -0.25) is 9.59 Å². The van der Waals surface area contributed by atoms with E-state index in [1.165, 1.54) is 19.9 Å². The van der Waals surface area contributed by atoms with E-state index in [0.29, 0.717) is 16.9 Å². The van der Waals surface area contributed by atoms with Crippen LogP contribution >= 0.6 is 15.9 Å². The zero-order valence-electron chi connectivity index (χ0n) is 24.8. The van der Waals surface area contributed by atoms with Crippen LogP contribution < -0.4 is 4.74 Å². The Balaban J connectivity index is 0.000000259. The largest absolute Gasteiger partial charge is 0.508 e. The average molecular weight is 698 g/mol. The molecule has 0 bridgehead atoms. The smallest absolute Gasteiger partial charge is 0.416 e. The molecule has 0 saturated heterocycles. The molecular formula is C34H31BrF6O4. The highest BCUT2D eigenvalue weighted by atomic mass is 79.9. The first-order valence-corrected chi connectivity index (χ1v) is 14.5. The van der Waals surface area contributed by atoms with Crippen molar-refractivity contribution in [2.24, 2.45) is 0 Å². The second-order valence-electron chi connectivity index (χ2n) is 9.91. The molecule has 0 aliphatic carbocycles. The van der Waals surface area contributed by atoms with Crippen LogP contribution in [0.5, 0.6) is 11.5 Å². The van der Waals surface area contributed by atoms with Gasteiger partial charge in [-0.2, -0.15) is 26.3 Å². The maximum atomic E-state index is 12.6. The third-order valence-corrected chi connectivity index (χ3v) is 6.89. The van der Waals surface area contributed by atoms with Crippen LogP contribution in [0.15, 0.2) is 84.9 Å². The number of Topliss-reactive ketones (excluding diaryl/α,β-unsaturated/α-hetero) is 2. The lowest BCUT2D eigenvalue weighted by atomic mass is 10.1. The number of ether oxygens (including phenoxy) is 1. The average Bonchev–Trinajstić information content (AvgIpc) is 2.97. The molecular weight excluding hydrogens is 666 g/mol. The van der Waals surface area contributed by atoms with E-state index in [1.54, 1.807) is 38.1 Å². The molecule has 0 heterocycles. The number of hydrogen-bond acceptors (Lipinski definition) is 4. The minimum Gasteiger partial charge on any atom is -0.508 e. The van der Waals surface area contributed by atoms with Gasteiger partial charge in [0.05, 0.1) is 11.1 Å². The first-order valence-electron chi connectivity index (χ1n) is 13.4. The summed E-state index contributed by atoms with van der Waals surface area (Å²) in [5.74, 6) is 0.338. The van der Waals surface area contributed by atoms with Gasteiger partial charge in [0, 0.05) is 16.5 Å². The quantitative estimate of drug-likeness (QED) is 0.124. The predicted octanol–water partition coefficient (Wildman–Crippen LogP) is 10.3. The maximum absolute atomic E-state index is 12.6. The molecule has 4 aromatic carbocycles. The Morgan fingerprint density at radius 1 is 0.689 bits per heavy atom. The molecule has 240 valence electrons. The Bertz CT molecular complexity index is 1610. The molecule has 0 amide bonds. The van der Waals surface area contributed by atoms with Gasteiger partial charge in [-0.25, -0.2) is 0 Å².